The lowest BCUT2D eigenvalue weighted by Crippen LogP contribution is -2.43. The van der Waals surface area contributed by atoms with Crippen LogP contribution in [0, 0.1) is 0 Å². The average Bonchev–Trinajstić information content (AvgIpc) is 3.12. The Bertz CT molecular complexity index is 795. The van der Waals surface area contributed by atoms with E-state index in [1.165, 1.54) is 21.4 Å². The molecule has 0 aliphatic carbocycles. The third-order valence-electron chi connectivity index (χ3n) is 4.39. The van der Waals surface area contributed by atoms with E-state index in [2.05, 4.69) is 10.4 Å². The summed E-state index contributed by atoms with van der Waals surface area (Å²) < 4.78 is 34.0. The van der Waals surface area contributed by atoms with E-state index in [4.69, 9.17) is 4.74 Å². The first-order chi connectivity index (χ1) is 11.6. The van der Waals surface area contributed by atoms with Gasteiger partial charge in [-0.2, -0.15) is 9.40 Å². The molecule has 8 heteroatoms. The summed E-state index contributed by atoms with van der Waals surface area (Å²) in [6.07, 6.45) is 4.57. The summed E-state index contributed by atoms with van der Waals surface area (Å²) in [4.78, 5) is 0.205. The smallest absolute Gasteiger partial charge is 0.246 e. The molecule has 0 saturated carbocycles. The Morgan fingerprint density at radius 3 is 2.62 bits per heavy atom. The van der Waals surface area contributed by atoms with Crippen molar-refractivity contribution in [2.45, 2.75) is 23.8 Å². The Balaban J connectivity index is 1.85. The molecule has 0 amide bonds. The van der Waals surface area contributed by atoms with Crippen molar-refractivity contribution in [3.05, 3.63) is 36.7 Å². The molecule has 1 aliphatic heterocycles. The van der Waals surface area contributed by atoms with Gasteiger partial charge in [0.15, 0.2) is 0 Å². The second-order valence-corrected chi connectivity index (χ2v) is 7.70. The summed E-state index contributed by atoms with van der Waals surface area (Å²) >= 11 is 0. The number of aromatic nitrogens is 2. The maximum atomic E-state index is 12.8. The lowest BCUT2D eigenvalue weighted by Gasteiger charge is -2.30. The molecule has 1 fully saturated rings. The molecule has 2 aromatic rings. The quantitative estimate of drug-likeness (QED) is 0.878. The summed E-state index contributed by atoms with van der Waals surface area (Å²) in [5.41, 5.74) is 0.704. The SMILES string of the molecule is CNC1CCN(S(=O)(=O)c2cnn(-c3ccccc3OC)c2)CC1. The Kier molecular flexibility index (Phi) is 4.88. The van der Waals surface area contributed by atoms with Gasteiger partial charge in [-0.25, -0.2) is 13.1 Å². The summed E-state index contributed by atoms with van der Waals surface area (Å²) in [6.45, 7) is 1.04. The number of sulfonamides is 1. The molecule has 24 heavy (non-hydrogen) atoms. The van der Waals surface area contributed by atoms with E-state index in [1.54, 1.807) is 7.11 Å². The minimum absolute atomic E-state index is 0.205. The number of para-hydroxylation sites is 2. The van der Waals surface area contributed by atoms with Crippen molar-refractivity contribution in [1.82, 2.24) is 19.4 Å². The first-order valence-electron chi connectivity index (χ1n) is 7.91. The number of hydrogen-bond acceptors (Lipinski definition) is 5. The lowest BCUT2D eigenvalue weighted by atomic mass is 10.1. The Hall–Kier alpha value is -1.90. The van der Waals surface area contributed by atoms with Gasteiger partial charge < -0.3 is 10.1 Å². The molecular formula is C16H22N4O3S. The van der Waals surface area contributed by atoms with Gasteiger partial charge in [0.25, 0.3) is 0 Å². The summed E-state index contributed by atoms with van der Waals surface area (Å²) in [7, 11) is -0.0349. The summed E-state index contributed by atoms with van der Waals surface area (Å²) in [5, 5.41) is 7.41. The number of ether oxygens (including phenoxy) is 1. The third-order valence-corrected chi connectivity index (χ3v) is 6.24. The van der Waals surface area contributed by atoms with Gasteiger partial charge >= 0.3 is 0 Å². The van der Waals surface area contributed by atoms with Crippen LogP contribution in [0.15, 0.2) is 41.6 Å². The molecule has 1 saturated heterocycles. The third kappa shape index (κ3) is 3.17. The van der Waals surface area contributed by atoms with E-state index in [0.717, 1.165) is 12.8 Å². The first-order valence-corrected chi connectivity index (χ1v) is 9.35. The average molecular weight is 350 g/mol. The van der Waals surface area contributed by atoms with Crippen LogP contribution in [0.2, 0.25) is 0 Å². The highest BCUT2D eigenvalue weighted by Crippen LogP contribution is 2.25. The number of hydrogen-bond donors (Lipinski definition) is 1. The van der Waals surface area contributed by atoms with E-state index in [9.17, 15) is 8.42 Å². The molecule has 0 bridgehead atoms. The molecule has 3 rings (SSSR count). The van der Waals surface area contributed by atoms with Crippen LogP contribution < -0.4 is 10.1 Å². The van der Waals surface area contributed by atoms with E-state index >= 15 is 0 Å². The van der Waals surface area contributed by atoms with E-state index < -0.39 is 10.0 Å². The highest BCUT2D eigenvalue weighted by molar-refractivity contribution is 7.89. The molecular weight excluding hydrogens is 328 g/mol. The van der Waals surface area contributed by atoms with Crippen LogP contribution >= 0.6 is 0 Å². The standard InChI is InChI=1S/C16H22N4O3S/c1-17-13-7-9-19(10-8-13)24(21,22)14-11-18-20(12-14)15-5-3-4-6-16(15)23-2/h3-6,11-13,17H,7-10H2,1-2H3. The van der Waals surface area contributed by atoms with Crippen molar-refractivity contribution < 1.29 is 13.2 Å². The molecule has 0 spiro atoms. The van der Waals surface area contributed by atoms with Crippen molar-refractivity contribution in [2.24, 2.45) is 0 Å². The predicted molar refractivity (Wildman–Crippen MR) is 91.0 cm³/mol. The zero-order valence-electron chi connectivity index (χ0n) is 13.8. The molecule has 2 heterocycles. The molecule has 0 atom stereocenters. The lowest BCUT2D eigenvalue weighted by molar-refractivity contribution is 0.298. The van der Waals surface area contributed by atoms with Gasteiger partial charge in [0.1, 0.15) is 16.3 Å². The molecule has 1 aliphatic rings. The molecule has 0 radical (unpaired) electrons. The molecule has 1 N–H and O–H groups in total. The number of methoxy groups -OCH3 is 1. The number of rotatable bonds is 5. The number of nitrogens with zero attached hydrogens (tertiary/aromatic N) is 3. The minimum Gasteiger partial charge on any atom is -0.494 e. The van der Waals surface area contributed by atoms with Gasteiger partial charge in [-0.1, -0.05) is 12.1 Å². The maximum absolute atomic E-state index is 12.8. The van der Waals surface area contributed by atoms with Crippen molar-refractivity contribution in [1.29, 1.82) is 0 Å². The van der Waals surface area contributed by atoms with Crippen LogP contribution in [-0.2, 0) is 10.0 Å². The minimum atomic E-state index is -3.52. The van der Waals surface area contributed by atoms with Gasteiger partial charge in [-0.15, -0.1) is 0 Å². The second-order valence-electron chi connectivity index (χ2n) is 5.76. The zero-order chi connectivity index (χ0) is 17.2. The predicted octanol–water partition coefficient (Wildman–Crippen LogP) is 1.25. The van der Waals surface area contributed by atoms with Gasteiger partial charge in [-0.3, -0.25) is 0 Å². The molecule has 1 aromatic heterocycles. The number of nitrogens with one attached hydrogen (secondary N) is 1. The fourth-order valence-corrected chi connectivity index (χ4v) is 4.33. The van der Waals surface area contributed by atoms with Crippen molar-refractivity contribution in [2.75, 3.05) is 27.2 Å². The van der Waals surface area contributed by atoms with Gasteiger partial charge in [0.2, 0.25) is 10.0 Å². The largest absolute Gasteiger partial charge is 0.494 e. The molecule has 130 valence electrons. The van der Waals surface area contributed by atoms with Crippen molar-refractivity contribution in [3.63, 3.8) is 0 Å². The van der Waals surface area contributed by atoms with E-state index in [1.807, 2.05) is 31.3 Å². The second kappa shape index (κ2) is 6.92. The Labute approximate surface area is 142 Å². The number of benzene rings is 1. The number of piperidine rings is 1. The van der Waals surface area contributed by atoms with Crippen LogP contribution in [0.25, 0.3) is 5.69 Å². The monoisotopic (exact) mass is 350 g/mol. The highest BCUT2D eigenvalue weighted by atomic mass is 32.2. The van der Waals surface area contributed by atoms with Crippen LogP contribution in [0.4, 0.5) is 0 Å². The van der Waals surface area contributed by atoms with E-state index in [0.29, 0.717) is 30.6 Å². The maximum Gasteiger partial charge on any atom is 0.246 e. The Morgan fingerprint density at radius 1 is 1.25 bits per heavy atom. The fourth-order valence-electron chi connectivity index (χ4n) is 2.92. The van der Waals surface area contributed by atoms with Crippen LogP contribution in [0.1, 0.15) is 12.8 Å². The van der Waals surface area contributed by atoms with Crippen LogP contribution in [-0.4, -0.2) is 55.8 Å². The van der Waals surface area contributed by atoms with Crippen LogP contribution in [0.3, 0.4) is 0 Å². The highest BCUT2D eigenvalue weighted by Gasteiger charge is 2.30. The van der Waals surface area contributed by atoms with Crippen LogP contribution in [0.5, 0.6) is 5.75 Å². The molecule has 0 unspecified atom stereocenters. The van der Waals surface area contributed by atoms with Gasteiger partial charge in [-0.05, 0) is 32.0 Å². The van der Waals surface area contributed by atoms with E-state index in [-0.39, 0.29) is 4.90 Å². The van der Waals surface area contributed by atoms with Crippen molar-refractivity contribution in [3.8, 4) is 11.4 Å². The fraction of sp³-hybridized carbons (Fsp3) is 0.438. The summed E-state index contributed by atoms with van der Waals surface area (Å²) in [6, 6.07) is 7.74. The zero-order valence-corrected chi connectivity index (χ0v) is 14.7. The first kappa shape index (κ1) is 16.9. The Morgan fingerprint density at radius 2 is 1.96 bits per heavy atom. The van der Waals surface area contributed by atoms with Gasteiger partial charge in [0.05, 0.1) is 19.5 Å². The topological polar surface area (TPSA) is 76.5 Å². The van der Waals surface area contributed by atoms with Crippen molar-refractivity contribution >= 4 is 10.0 Å². The molecule has 7 nitrogen and oxygen atoms in total. The summed E-state index contributed by atoms with van der Waals surface area (Å²) in [5.74, 6) is 0.638. The normalized spacial score (nSPS) is 17.1. The molecule has 1 aromatic carbocycles. The van der Waals surface area contributed by atoms with Gasteiger partial charge in [0, 0.05) is 19.1 Å².